The van der Waals surface area contributed by atoms with E-state index in [1.54, 1.807) is 0 Å². The van der Waals surface area contributed by atoms with Gasteiger partial charge in [0.15, 0.2) is 0 Å². The molecule has 1 fully saturated rings. The lowest BCUT2D eigenvalue weighted by atomic mass is 9.87. The van der Waals surface area contributed by atoms with Crippen LogP contribution in [0.2, 0.25) is 0 Å². The summed E-state index contributed by atoms with van der Waals surface area (Å²) in [5, 5.41) is 0. The molecule has 4 heteroatoms. The number of hydrogen-bond donors (Lipinski definition) is 2. The molecule has 1 atom stereocenters. The van der Waals surface area contributed by atoms with E-state index in [2.05, 4.69) is 46.5 Å². The van der Waals surface area contributed by atoms with Crippen LogP contribution in [0.1, 0.15) is 30.0 Å². The Hall–Kier alpha value is -0.420. The van der Waals surface area contributed by atoms with Gasteiger partial charge in [-0.2, -0.15) is 0 Å². The van der Waals surface area contributed by atoms with E-state index >= 15 is 0 Å². The molecule has 3 N–H and O–H groups in total. The van der Waals surface area contributed by atoms with Crippen LogP contribution in [0.5, 0.6) is 0 Å². The molecule has 3 nitrogen and oxygen atoms in total. The molecule has 0 bridgehead atoms. The van der Waals surface area contributed by atoms with Gasteiger partial charge in [0.1, 0.15) is 0 Å². The minimum atomic E-state index is 0.218. The van der Waals surface area contributed by atoms with Crippen molar-refractivity contribution < 1.29 is 4.74 Å². The van der Waals surface area contributed by atoms with Gasteiger partial charge in [-0.1, -0.05) is 28.1 Å². The van der Waals surface area contributed by atoms with E-state index in [4.69, 9.17) is 10.6 Å². The third-order valence-electron chi connectivity index (χ3n) is 3.47. The van der Waals surface area contributed by atoms with Crippen molar-refractivity contribution in [3.05, 3.63) is 33.8 Å². The van der Waals surface area contributed by atoms with Crippen LogP contribution in [0.4, 0.5) is 0 Å². The van der Waals surface area contributed by atoms with E-state index in [0.29, 0.717) is 5.92 Å². The lowest BCUT2D eigenvalue weighted by Gasteiger charge is -2.30. The summed E-state index contributed by atoms with van der Waals surface area (Å²) < 4.78 is 6.54. The van der Waals surface area contributed by atoms with Gasteiger partial charge < -0.3 is 4.74 Å². The van der Waals surface area contributed by atoms with Crippen molar-refractivity contribution in [3.8, 4) is 0 Å². The van der Waals surface area contributed by atoms with Crippen molar-refractivity contribution in [1.29, 1.82) is 0 Å². The number of nitrogens with two attached hydrogens (primary N) is 1. The van der Waals surface area contributed by atoms with Crippen LogP contribution in [0.15, 0.2) is 22.7 Å². The summed E-state index contributed by atoms with van der Waals surface area (Å²) in [6, 6.07) is 6.66. The maximum Gasteiger partial charge on any atom is 0.0490 e. The van der Waals surface area contributed by atoms with Gasteiger partial charge in [-0.05, 0) is 42.9 Å². The first-order valence-electron chi connectivity index (χ1n) is 6.02. The number of hydrogen-bond acceptors (Lipinski definition) is 3. The number of rotatable bonds is 3. The molecule has 1 heterocycles. The molecule has 0 aliphatic carbocycles. The highest BCUT2D eigenvalue weighted by molar-refractivity contribution is 9.10. The van der Waals surface area contributed by atoms with Gasteiger partial charge in [0.05, 0.1) is 0 Å². The lowest BCUT2D eigenvalue weighted by Crippen LogP contribution is -2.36. The smallest absolute Gasteiger partial charge is 0.0490 e. The molecule has 1 aromatic rings. The second-order valence-corrected chi connectivity index (χ2v) is 5.46. The third kappa shape index (κ3) is 3.07. The van der Waals surface area contributed by atoms with E-state index < -0.39 is 0 Å². The van der Waals surface area contributed by atoms with Gasteiger partial charge in [0, 0.05) is 23.7 Å². The maximum absolute atomic E-state index is 5.72. The third-order valence-corrected chi connectivity index (χ3v) is 4.33. The Morgan fingerprint density at radius 3 is 2.71 bits per heavy atom. The number of halogens is 1. The molecule has 94 valence electrons. The Balaban J connectivity index is 2.18. The maximum atomic E-state index is 5.72. The highest BCUT2D eigenvalue weighted by Crippen LogP contribution is 2.31. The highest BCUT2D eigenvalue weighted by Gasteiger charge is 2.24. The summed E-state index contributed by atoms with van der Waals surface area (Å²) >= 11 is 3.57. The Bertz CT molecular complexity index is 378. The zero-order valence-electron chi connectivity index (χ0n) is 10.1. The fourth-order valence-electron chi connectivity index (χ4n) is 2.36. The Morgan fingerprint density at radius 2 is 2.12 bits per heavy atom. The van der Waals surface area contributed by atoms with Crippen LogP contribution < -0.4 is 11.3 Å². The van der Waals surface area contributed by atoms with Crippen LogP contribution >= 0.6 is 15.9 Å². The molecular formula is C13H19BrN2O. The fourth-order valence-corrected chi connectivity index (χ4v) is 2.75. The zero-order chi connectivity index (χ0) is 12.3. The van der Waals surface area contributed by atoms with E-state index in [-0.39, 0.29) is 6.04 Å². The van der Waals surface area contributed by atoms with Crippen molar-refractivity contribution in [2.45, 2.75) is 25.8 Å². The van der Waals surface area contributed by atoms with Crippen molar-refractivity contribution in [3.63, 3.8) is 0 Å². The second-order valence-electron chi connectivity index (χ2n) is 4.60. The standard InChI is InChI=1S/C13H19BrN2O/c1-9-2-3-11(8-12(9)14)13(16-15)10-4-6-17-7-5-10/h2-3,8,10,13,16H,4-7,15H2,1H3. The van der Waals surface area contributed by atoms with Crippen LogP contribution in [0.3, 0.4) is 0 Å². The first-order chi connectivity index (χ1) is 8.22. The predicted molar refractivity (Wildman–Crippen MR) is 72.5 cm³/mol. The number of nitrogens with one attached hydrogen (secondary N) is 1. The second kappa shape index (κ2) is 5.96. The first kappa shape index (κ1) is 13.0. The SMILES string of the molecule is Cc1ccc(C(NN)C2CCOCC2)cc1Br. The first-order valence-corrected chi connectivity index (χ1v) is 6.81. The number of hydrazine groups is 1. The van der Waals surface area contributed by atoms with Crippen molar-refractivity contribution >= 4 is 15.9 Å². The number of aryl methyl sites for hydroxylation is 1. The fraction of sp³-hybridized carbons (Fsp3) is 0.538. The Labute approximate surface area is 111 Å². The van der Waals surface area contributed by atoms with E-state index in [1.807, 2.05) is 0 Å². The molecule has 1 aliphatic rings. The summed E-state index contributed by atoms with van der Waals surface area (Å²) in [5.41, 5.74) is 5.45. The highest BCUT2D eigenvalue weighted by atomic mass is 79.9. The molecule has 1 saturated heterocycles. The normalized spacial score (nSPS) is 19.2. The summed E-state index contributed by atoms with van der Waals surface area (Å²) in [7, 11) is 0. The quantitative estimate of drug-likeness (QED) is 0.666. The van der Waals surface area contributed by atoms with Crippen LogP contribution in [0.25, 0.3) is 0 Å². The number of benzene rings is 1. The van der Waals surface area contributed by atoms with Crippen LogP contribution in [-0.4, -0.2) is 13.2 Å². The van der Waals surface area contributed by atoms with Crippen molar-refractivity contribution in [1.82, 2.24) is 5.43 Å². The summed E-state index contributed by atoms with van der Waals surface area (Å²) in [6.45, 7) is 3.78. The minimum Gasteiger partial charge on any atom is -0.381 e. The van der Waals surface area contributed by atoms with Gasteiger partial charge in [-0.3, -0.25) is 11.3 Å². The Morgan fingerprint density at radius 1 is 1.41 bits per heavy atom. The topological polar surface area (TPSA) is 47.3 Å². The molecule has 2 rings (SSSR count). The molecule has 0 amide bonds. The van der Waals surface area contributed by atoms with Gasteiger partial charge in [-0.15, -0.1) is 0 Å². The zero-order valence-corrected chi connectivity index (χ0v) is 11.7. The summed E-state index contributed by atoms with van der Waals surface area (Å²) in [5.74, 6) is 6.28. The van der Waals surface area contributed by atoms with E-state index in [9.17, 15) is 0 Å². The molecule has 1 unspecified atom stereocenters. The monoisotopic (exact) mass is 298 g/mol. The molecule has 0 aromatic heterocycles. The predicted octanol–water partition coefficient (Wildman–Crippen LogP) is 2.69. The van der Waals surface area contributed by atoms with Gasteiger partial charge in [0.2, 0.25) is 0 Å². The largest absolute Gasteiger partial charge is 0.381 e. The van der Waals surface area contributed by atoms with E-state index in [0.717, 1.165) is 30.5 Å². The molecule has 0 saturated carbocycles. The lowest BCUT2D eigenvalue weighted by molar-refractivity contribution is 0.0536. The van der Waals surface area contributed by atoms with Gasteiger partial charge >= 0.3 is 0 Å². The average Bonchev–Trinajstić information content (AvgIpc) is 2.36. The molecule has 1 aliphatic heterocycles. The minimum absolute atomic E-state index is 0.218. The van der Waals surface area contributed by atoms with Gasteiger partial charge in [0.25, 0.3) is 0 Å². The summed E-state index contributed by atoms with van der Waals surface area (Å²) in [4.78, 5) is 0. The van der Waals surface area contributed by atoms with Crippen LogP contribution in [0, 0.1) is 12.8 Å². The molecular weight excluding hydrogens is 280 g/mol. The number of ether oxygens (including phenoxy) is 1. The Kier molecular flexibility index (Phi) is 4.56. The molecule has 0 spiro atoms. The average molecular weight is 299 g/mol. The molecule has 17 heavy (non-hydrogen) atoms. The van der Waals surface area contributed by atoms with Crippen LogP contribution in [-0.2, 0) is 4.74 Å². The summed E-state index contributed by atoms with van der Waals surface area (Å²) in [6.07, 6.45) is 2.14. The van der Waals surface area contributed by atoms with Gasteiger partial charge in [-0.25, -0.2) is 0 Å². The molecule has 1 aromatic carbocycles. The van der Waals surface area contributed by atoms with E-state index in [1.165, 1.54) is 11.1 Å². The van der Waals surface area contributed by atoms with Crippen molar-refractivity contribution in [2.75, 3.05) is 13.2 Å². The molecule has 0 radical (unpaired) electrons. The van der Waals surface area contributed by atoms with Crippen molar-refractivity contribution in [2.24, 2.45) is 11.8 Å².